The van der Waals surface area contributed by atoms with Gasteiger partial charge >= 0.3 is 0 Å². The van der Waals surface area contributed by atoms with E-state index < -0.39 is 34.6 Å². The number of hydrogen-bond donors (Lipinski definition) is 2. The molecule has 3 heterocycles. The number of nitrogens with one attached hydrogen (secondary N) is 1. The van der Waals surface area contributed by atoms with Crippen LogP contribution in [0.2, 0.25) is 0 Å². The Balaban J connectivity index is 1.54. The van der Waals surface area contributed by atoms with E-state index in [2.05, 4.69) is 15.2 Å². The van der Waals surface area contributed by atoms with Gasteiger partial charge < -0.3 is 5.11 Å². The number of H-pyrrole nitrogens is 1. The van der Waals surface area contributed by atoms with Gasteiger partial charge in [-0.15, -0.1) is 0 Å². The van der Waals surface area contributed by atoms with Crippen molar-refractivity contribution in [3.8, 4) is 0 Å². The van der Waals surface area contributed by atoms with Crippen LogP contribution in [0, 0.1) is 11.7 Å². The number of aromatic nitrogens is 3. The molecule has 2 atom stereocenters. The van der Waals surface area contributed by atoms with E-state index in [0.29, 0.717) is 28.0 Å². The first kappa shape index (κ1) is 20.2. The molecule has 2 unspecified atom stereocenters. The highest BCUT2D eigenvalue weighted by Crippen LogP contribution is 2.45. The van der Waals surface area contributed by atoms with Crippen molar-refractivity contribution in [3.63, 3.8) is 0 Å². The lowest BCUT2D eigenvalue weighted by Crippen LogP contribution is -2.40. The zero-order chi connectivity index (χ0) is 22.6. The van der Waals surface area contributed by atoms with Gasteiger partial charge in [-0.05, 0) is 48.9 Å². The van der Waals surface area contributed by atoms with Gasteiger partial charge in [0.05, 0.1) is 23.0 Å². The summed E-state index contributed by atoms with van der Waals surface area (Å²) in [5.41, 5.74) is -0.107. The lowest BCUT2D eigenvalue weighted by Gasteiger charge is -2.23. The Morgan fingerprint density at radius 3 is 2.81 bits per heavy atom. The maximum atomic E-state index is 13.8. The summed E-state index contributed by atoms with van der Waals surface area (Å²) in [5, 5.41) is 17.9. The molecule has 1 amide bonds. The molecule has 32 heavy (non-hydrogen) atoms. The van der Waals surface area contributed by atoms with Crippen molar-refractivity contribution in [2.75, 3.05) is 4.90 Å². The molecule has 1 saturated heterocycles. The minimum Gasteiger partial charge on any atom is -0.380 e. The van der Waals surface area contributed by atoms with Crippen LogP contribution in [0.15, 0.2) is 65.1 Å². The molecule has 9 heteroatoms. The molecule has 0 radical (unpaired) electrons. The zero-order valence-corrected chi connectivity index (χ0v) is 17.0. The molecule has 1 aromatic carbocycles. The molecule has 3 aromatic rings. The number of amides is 1. The van der Waals surface area contributed by atoms with Gasteiger partial charge in [-0.1, -0.05) is 0 Å². The lowest BCUT2D eigenvalue weighted by molar-refractivity contribution is -0.134. The van der Waals surface area contributed by atoms with Crippen molar-refractivity contribution in [1.29, 1.82) is 0 Å². The van der Waals surface area contributed by atoms with E-state index in [1.807, 2.05) is 0 Å². The Bertz CT molecular complexity index is 1390. The third kappa shape index (κ3) is 3.13. The van der Waals surface area contributed by atoms with Crippen LogP contribution in [0.25, 0.3) is 10.8 Å². The van der Waals surface area contributed by atoms with Crippen LogP contribution in [0.5, 0.6) is 0 Å². The molecule has 2 N–H and O–H groups in total. The SMILES string of the molecule is CC1(O)C(=O)N(c2cncc(Cc3n[nH]c(=O)c4cc(F)ccc34)c2)C2=CC=C(F)CC21. The van der Waals surface area contributed by atoms with Crippen molar-refractivity contribution in [2.45, 2.75) is 25.4 Å². The van der Waals surface area contributed by atoms with Crippen LogP contribution in [-0.2, 0) is 11.2 Å². The number of aromatic amines is 1. The van der Waals surface area contributed by atoms with E-state index in [4.69, 9.17) is 0 Å². The molecule has 2 aliphatic rings. The zero-order valence-electron chi connectivity index (χ0n) is 17.0. The molecule has 0 saturated carbocycles. The van der Waals surface area contributed by atoms with Crippen LogP contribution >= 0.6 is 0 Å². The Morgan fingerprint density at radius 1 is 1.19 bits per heavy atom. The van der Waals surface area contributed by atoms with Crippen molar-refractivity contribution < 1.29 is 18.7 Å². The second-order valence-electron chi connectivity index (χ2n) is 8.17. The van der Waals surface area contributed by atoms with Gasteiger partial charge in [0.25, 0.3) is 11.5 Å². The van der Waals surface area contributed by atoms with E-state index in [-0.39, 0.29) is 18.2 Å². The molecule has 1 fully saturated rings. The molecule has 7 nitrogen and oxygen atoms in total. The monoisotopic (exact) mass is 436 g/mol. The molecular weight excluding hydrogens is 418 g/mol. The van der Waals surface area contributed by atoms with Crippen molar-refractivity contribution >= 4 is 22.4 Å². The van der Waals surface area contributed by atoms with Crippen LogP contribution < -0.4 is 10.5 Å². The normalized spacial score (nSPS) is 22.7. The van der Waals surface area contributed by atoms with Crippen LogP contribution in [0.4, 0.5) is 14.5 Å². The average molecular weight is 436 g/mol. The molecule has 5 rings (SSSR count). The highest BCUT2D eigenvalue weighted by molar-refractivity contribution is 6.06. The van der Waals surface area contributed by atoms with Gasteiger partial charge in [0, 0.05) is 36.0 Å². The predicted molar refractivity (Wildman–Crippen MR) is 113 cm³/mol. The molecule has 2 aromatic heterocycles. The number of pyridine rings is 1. The van der Waals surface area contributed by atoms with E-state index >= 15 is 0 Å². The Hall–Kier alpha value is -3.72. The summed E-state index contributed by atoms with van der Waals surface area (Å²) in [6.45, 7) is 1.39. The molecule has 0 spiro atoms. The smallest absolute Gasteiger partial charge is 0.272 e. The Labute approximate surface area is 180 Å². The fourth-order valence-corrected chi connectivity index (χ4v) is 4.35. The van der Waals surface area contributed by atoms with Crippen molar-refractivity contribution in [2.24, 2.45) is 5.92 Å². The topological polar surface area (TPSA) is 99.2 Å². The molecule has 162 valence electrons. The predicted octanol–water partition coefficient (Wildman–Crippen LogP) is 2.90. The standard InChI is InChI=1S/C23H18F2N4O3/c1-23(32)18-9-14(25)3-5-20(18)29(22(23)31)15-6-12(10-26-11-15)7-19-16-4-2-13(24)8-17(16)21(30)28-27-19/h2-6,8,10-11,18,32H,7,9H2,1H3,(H,28,30). The first-order chi connectivity index (χ1) is 15.3. The summed E-state index contributed by atoms with van der Waals surface area (Å²) in [5.74, 6) is -2.17. The first-order valence-electron chi connectivity index (χ1n) is 9.99. The van der Waals surface area contributed by atoms with Gasteiger partial charge in [-0.25, -0.2) is 13.9 Å². The number of rotatable bonds is 3. The maximum Gasteiger partial charge on any atom is 0.272 e. The van der Waals surface area contributed by atoms with Gasteiger partial charge in [-0.3, -0.25) is 19.5 Å². The number of nitrogens with zero attached hydrogens (tertiary/aromatic N) is 3. The van der Waals surface area contributed by atoms with Gasteiger partial charge in [0.2, 0.25) is 0 Å². The van der Waals surface area contributed by atoms with E-state index in [1.54, 1.807) is 12.3 Å². The van der Waals surface area contributed by atoms with Gasteiger partial charge in [0.1, 0.15) is 17.2 Å². The third-order valence-electron chi connectivity index (χ3n) is 6.00. The molecular formula is C23H18F2N4O3. The fourth-order valence-electron chi connectivity index (χ4n) is 4.35. The largest absolute Gasteiger partial charge is 0.380 e. The lowest BCUT2D eigenvalue weighted by atomic mass is 9.85. The Kier molecular flexibility index (Phi) is 4.52. The number of carbonyl (C=O) groups is 1. The molecule has 1 aliphatic carbocycles. The fraction of sp³-hybridized carbons (Fsp3) is 0.217. The highest BCUT2D eigenvalue weighted by atomic mass is 19.1. The first-order valence-corrected chi connectivity index (χ1v) is 9.99. The number of aliphatic hydroxyl groups is 1. The van der Waals surface area contributed by atoms with Gasteiger partial charge in [-0.2, -0.15) is 5.10 Å². The number of benzene rings is 1. The Morgan fingerprint density at radius 2 is 2.00 bits per heavy atom. The summed E-state index contributed by atoms with van der Waals surface area (Å²) in [7, 11) is 0. The van der Waals surface area contributed by atoms with Crippen molar-refractivity contribution in [3.05, 3.63) is 87.8 Å². The summed E-state index contributed by atoms with van der Waals surface area (Å²) in [6, 6.07) is 5.64. The number of fused-ring (bicyclic) bond motifs is 2. The minimum atomic E-state index is -1.74. The second kappa shape index (κ2) is 7.16. The number of allylic oxidation sites excluding steroid dienone is 3. The number of carbonyl (C=O) groups excluding carboxylic acids is 1. The summed E-state index contributed by atoms with van der Waals surface area (Å²) in [4.78, 5) is 30.6. The van der Waals surface area contributed by atoms with Gasteiger partial charge in [0.15, 0.2) is 0 Å². The third-order valence-corrected chi connectivity index (χ3v) is 6.00. The van der Waals surface area contributed by atoms with Crippen LogP contribution in [-0.4, -0.2) is 31.8 Å². The number of anilines is 1. The summed E-state index contributed by atoms with van der Waals surface area (Å²) in [6.07, 6.45) is 6.08. The number of hydrogen-bond acceptors (Lipinski definition) is 5. The van der Waals surface area contributed by atoms with E-state index in [1.165, 1.54) is 42.3 Å². The van der Waals surface area contributed by atoms with Crippen molar-refractivity contribution in [1.82, 2.24) is 15.2 Å². The quantitative estimate of drug-likeness (QED) is 0.658. The maximum absolute atomic E-state index is 13.8. The highest BCUT2D eigenvalue weighted by Gasteiger charge is 2.54. The molecule has 1 aliphatic heterocycles. The van der Waals surface area contributed by atoms with Crippen LogP contribution in [0.3, 0.4) is 0 Å². The number of halogens is 2. The van der Waals surface area contributed by atoms with E-state index in [9.17, 15) is 23.5 Å². The summed E-state index contributed by atoms with van der Waals surface area (Å²) < 4.78 is 27.4. The summed E-state index contributed by atoms with van der Waals surface area (Å²) >= 11 is 0. The second-order valence-corrected chi connectivity index (χ2v) is 8.17. The minimum absolute atomic E-state index is 0.0575. The van der Waals surface area contributed by atoms with E-state index in [0.717, 1.165) is 6.07 Å². The van der Waals surface area contributed by atoms with Crippen LogP contribution in [0.1, 0.15) is 24.6 Å². The molecule has 0 bridgehead atoms. The average Bonchev–Trinajstić information content (AvgIpc) is 2.96.